The van der Waals surface area contributed by atoms with E-state index in [1.165, 1.54) is 19.3 Å². The van der Waals surface area contributed by atoms with Crippen molar-refractivity contribution in [1.82, 2.24) is 20.1 Å². The number of urea groups is 1. The molecule has 0 unspecified atom stereocenters. The highest BCUT2D eigenvalue weighted by molar-refractivity contribution is 7.09. The Morgan fingerprint density at radius 3 is 2.75 bits per heavy atom. The van der Waals surface area contributed by atoms with Crippen LogP contribution in [0.1, 0.15) is 61.6 Å². The van der Waals surface area contributed by atoms with Gasteiger partial charge in [0.2, 0.25) is 0 Å². The summed E-state index contributed by atoms with van der Waals surface area (Å²) in [6.45, 7) is 0. The van der Waals surface area contributed by atoms with Gasteiger partial charge in [-0.3, -0.25) is 10.00 Å². The maximum Gasteiger partial charge on any atom is 0.321 e. The molecular weight excluding hydrogens is 322 g/mol. The van der Waals surface area contributed by atoms with Gasteiger partial charge in [0.25, 0.3) is 0 Å². The van der Waals surface area contributed by atoms with Gasteiger partial charge in [0.05, 0.1) is 11.2 Å². The summed E-state index contributed by atoms with van der Waals surface area (Å²) in [6, 6.07) is 1.84. The first-order chi connectivity index (χ1) is 11.7. The summed E-state index contributed by atoms with van der Waals surface area (Å²) >= 11 is 1.62. The third kappa shape index (κ3) is 2.81. The first kappa shape index (κ1) is 15.6. The Balaban J connectivity index is 1.47. The number of nitrogens with zero attached hydrogens (tertiary/aromatic N) is 3. The number of carbonyl (C=O) groups is 1. The molecule has 128 valence electrons. The second kappa shape index (κ2) is 6.20. The van der Waals surface area contributed by atoms with Crippen molar-refractivity contribution in [3.8, 4) is 0 Å². The Hall–Kier alpha value is -1.89. The second-order valence-electron chi connectivity index (χ2n) is 6.91. The molecule has 0 atom stereocenters. The van der Waals surface area contributed by atoms with Crippen LogP contribution < -0.4 is 10.6 Å². The van der Waals surface area contributed by atoms with E-state index in [1.807, 2.05) is 24.7 Å². The Morgan fingerprint density at radius 2 is 2.12 bits per heavy atom. The molecule has 2 aliphatic carbocycles. The molecule has 2 fully saturated rings. The van der Waals surface area contributed by atoms with E-state index < -0.39 is 0 Å². The largest absolute Gasteiger partial charge is 0.326 e. The molecular formula is C17H23N5OS. The molecule has 2 N–H and O–H groups in total. The quantitative estimate of drug-likeness (QED) is 0.887. The van der Waals surface area contributed by atoms with E-state index in [0.29, 0.717) is 5.92 Å². The van der Waals surface area contributed by atoms with Gasteiger partial charge in [-0.2, -0.15) is 5.10 Å². The normalized spacial score (nSPS) is 19.9. The molecule has 0 aliphatic heterocycles. The lowest BCUT2D eigenvalue weighted by molar-refractivity contribution is 0.236. The number of thiazole rings is 1. The monoisotopic (exact) mass is 345 g/mol. The maximum atomic E-state index is 12.6. The van der Waals surface area contributed by atoms with Gasteiger partial charge in [-0.15, -0.1) is 11.3 Å². The minimum Gasteiger partial charge on any atom is -0.326 e. The molecule has 2 heterocycles. The van der Waals surface area contributed by atoms with Crippen molar-refractivity contribution in [3.05, 3.63) is 28.3 Å². The van der Waals surface area contributed by atoms with E-state index in [4.69, 9.17) is 0 Å². The molecule has 2 aromatic rings. The van der Waals surface area contributed by atoms with Crippen LogP contribution in [0.2, 0.25) is 0 Å². The molecule has 7 heteroatoms. The van der Waals surface area contributed by atoms with Crippen LogP contribution in [-0.2, 0) is 12.6 Å². The van der Waals surface area contributed by atoms with Crippen LogP contribution in [0.15, 0.2) is 17.6 Å². The number of carbonyl (C=O) groups excluding carboxylic acids is 1. The molecule has 0 radical (unpaired) electrons. The number of rotatable bonds is 4. The van der Waals surface area contributed by atoms with Crippen molar-refractivity contribution in [2.45, 2.75) is 56.4 Å². The van der Waals surface area contributed by atoms with E-state index in [2.05, 4.69) is 20.7 Å². The molecule has 2 aliphatic rings. The molecule has 24 heavy (non-hydrogen) atoms. The lowest BCUT2D eigenvalue weighted by atomic mass is 9.83. The van der Waals surface area contributed by atoms with Crippen LogP contribution in [0.3, 0.4) is 0 Å². The van der Waals surface area contributed by atoms with Gasteiger partial charge in [-0.25, -0.2) is 9.78 Å². The highest BCUT2D eigenvalue weighted by Gasteiger charge is 2.39. The fourth-order valence-electron chi connectivity index (χ4n) is 3.71. The minimum absolute atomic E-state index is 0.171. The van der Waals surface area contributed by atoms with Crippen molar-refractivity contribution in [2.24, 2.45) is 7.05 Å². The zero-order valence-corrected chi connectivity index (χ0v) is 14.7. The average Bonchev–Trinajstić information content (AvgIpc) is 3.20. The van der Waals surface area contributed by atoms with Crippen LogP contribution in [0.5, 0.6) is 0 Å². The van der Waals surface area contributed by atoms with E-state index in [9.17, 15) is 4.79 Å². The predicted molar refractivity (Wildman–Crippen MR) is 94.2 cm³/mol. The molecule has 0 saturated heterocycles. The molecule has 0 spiro atoms. The maximum absolute atomic E-state index is 12.6. The SMILES string of the molecule is Cn1nc(C2CCC2)cc1NC(=O)NC1(c2nccs2)CCCC1. The first-order valence-corrected chi connectivity index (χ1v) is 9.57. The van der Waals surface area contributed by atoms with Crippen molar-refractivity contribution >= 4 is 23.2 Å². The van der Waals surface area contributed by atoms with Gasteiger partial charge in [0.1, 0.15) is 10.8 Å². The first-order valence-electron chi connectivity index (χ1n) is 8.69. The summed E-state index contributed by atoms with van der Waals surface area (Å²) in [6.07, 6.45) is 9.65. The summed E-state index contributed by atoms with van der Waals surface area (Å²) in [7, 11) is 1.88. The number of hydrogen-bond donors (Lipinski definition) is 2. The molecule has 6 nitrogen and oxygen atoms in total. The Morgan fingerprint density at radius 1 is 1.33 bits per heavy atom. The third-order valence-electron chi connectivity index (χ3n) is 5.32. The van der Waals surface area contributed by atoms with Crippen molar-refractivity contribution in [2.75, 3.05) is 5.32 Å². The van der Waals surface area contributed by atoms with E-state index in [1.54, 1.807) is 16.0 Å². The highest BCUT2D eigenvalue weighted by atomic mass is 32.1. The fraction of sp³-hybridized carbons (Fsp3) is 0.588. The molecule has 2 aromatic heterocycles. The lowest BCUT2D eigenvalue weighted by Gasteiger charge is -2.28. The van der Waals surface area contributed by atoms with Gasteiger partial charge in [-0.1, -0.05) is 19.3 Å². The zero-order valence-electron chi connectivity index (χ0n) is 13.9. The standard InChI is InChI=1S/C17H23N5OS/c1-22-14(11-13(21-22)12-5-4-6-12)19-16(23)20-17(7-2-3-8-17)15-18-9-10-24-15/h9-12H,2-8H2,1H3,(H2,19,20,23). The summed E-state index contributed by atoms with van der Waals surface area (Å²) in [5.41, 5.74) is 0.780. The van der Waals surface area contributed by atoms with Crippen LogP contribution in [-0.4, -0.2) is 20.8 Å². The van der Waals surface area contributed by atoms with Crippen LogP contribution in [0.4, 0.5) is 10.6 Å². The number of aromatic nitrogens is 3. The van der Waals surface area contributed by atoms with E-state index in [-0.39, 0.29) is 11.6 Å². The molecule has 2 amide bonds. The van der Waals surface area contributed by atoms with Gasteiger partial charge >= 0.3 is 6.03 Å². The Kier molecular flexibility index (Phi) is 4.04. The zero-order chi connectivity index (χ0) is 16.6. The van der Waals surface area contributed by atoms with Gasteiger partial charge < -0.3 is 5.32 Å². The highest BCUT2D eigenvalue weighted by Crippen LogP contribution is 2.40. The number of nitrogens with one attached hydrogen (secondary N) is 2. The average molecular weight is 345 g/mol. The van der Waals surface area contributed by atoms with Gasteiger partial charge in [0.15, 0.2) is 0 Å². The summed E-state index contributed by atoms with van der Waals surface area (Å²) in [4.78, 5) is 17.0. The summed E-state index contributed by atoms with van der Waals surface area (Å²) < 4.78 is 1.76. The predicted octanol–water partition coefficient (Wildman–Crippen LogP) is 3.74. The van der Waals surface area contributed by atoms with E-state index >= 15 is 0 Å². The summed E-state index contributed by atoms with van der Waals surface area (Å²) in [5, 5.41) is 13.7. The fourth-order valence-corrected chi connectivity index (χ4v) is 4.56. The number of anilines is 1. The van der Waals surface area contributed by atoms with Gasteiger partial charge in [-0.05, 0) is 25.7 Å². The van der Waals surface area contributed by atoms with Crippen LogP contribution in [0, 0.1) is 0 Å². The summed E-state index contributed by atoms with van der Waals surface area (Å²) in [5.74, 6) is 1.31. The van der Waals surface area contributed by atoms with E-state index in [0.717, 1.165) is 42.2 Å². The Bertz CT molecular complexity index is 713. The third-order valence-corrected chi connectivity index (χ3v) is 6.29. The topological polar surface area (TPSA) is 71.8 Å². The Labute approximate surface area is 145 Å². The van der Waals surface area contributed by atoms with Crippen molar-refractivity contribution < 1.29 is 4.79 Å². The lowest BCUT2D eigenvalue weighted by Crippen LogP contribution is -2.46. The van der Waals surface area contributed by atoms with Crippen molar-refractivity contribution in [3.63, 3.8) is 0 Å². The number of amides is 2. The molecule has 4 rings (SSSR count). The molecule has 0 aromatic carbocycles. The number of hydrogen-bond acceptors (Lipinski definition) is 4. The van der Waals surface area contributed by atoms with Crippen molar-refractivity contribution in [1.29, 1.82) is 0 Å². The molecule has 0 bridgehead atoms. The molecule has 2 saturated carbocycles. The van der Waals surface area contributed by atoms with Gasteiger partial charge in [0, 0.05) is 30.6 Å². The van der Waals surface area contributed by atoms with Crippen LogP contribution >= 0.6 is 11.3 Å². The smallest absolute Gasteiger partial charge is 0.321 e. The minimum atomic E-state index is -0.312. The second-order valence-corrected chi connectivity index (χ2v) is 7.81. The number of aryl methyl sites for hydroxylation is 1. The van der Waals surface area contributed by atoms with Crippen LogP contribution in [0.25, 0.3) is 0 Å².